The van der Waals surface area contributed by atoms with E-state index in [1.54, 1.807) is 23.9 Å². The predicted octanol–water partition coefficient (Wildman–Crippen LogP) is 1.34. The fourth-order valence-electron chi connectivity index (χ4n) is 3.74. The second kappa shape index (κ2) is 7.50. The Morgan fingerprint density at radius 1 is 1.15 bits per heavy atom. The van der Waals surface area contributed by atoms with Gasteiger partial charge in [-0.1, -0.05) is 18.2 Å². The smallest absolute Gasteiger partial charge is 0.246 e. The number of amides is 2. The van der Waals surface area contributed by atoms with Crippen molar-refractivity contribution in [1.82, 2.24) is 19.3 Å². The van der Waals surface area contributed by atoms with E-state index < -0.39 is 0 Å². The van der Waals surface area contributed by atoms with E-state index in [0.29, 0.717) is 25.9 Å². The summed E-state index contributed by atoms with van der Waals surface area (Å²) in [4.78, 5) is 30.9. The van der Waals surface area contributed by atoms with Crippen LogP contribution in [0.25, 0.3) is 10.9 Å². The van der Waals surface area contributed by atoms with Gasteiger partial charge in [-0.15, -0.1) is 0 Å². The number of hydrogen-bond acceptors (Lipinski definition) is 3. The standard InChI is InChI=1S/C20H28N4O2/c1-21(2)20(26)18-14-22(3)11-12-24(18)19(25)10-9-15-13-23(4)17-8-6-5-7-16(15)17/h5-8,13,18H,9-12,14H2,1-4H3. The van der Waals surface area contributed by atoms with Crippen molar-refractivity contribution >= 4 is 22.7 Å². The molecule has 0 N–H and O–H groups in total. The molecular weight excluding hydrogens is 328 g/mol. The van der Waals surface area contributed by atoms with Crippen LogP contribution in [0, 0.1) is 0 Å². The molecular formula is C20H28N4O2. The third-order valence-corrected chi connectivity index (χ3v) is 5.22. The number of rotatable bonds is 4. The van der Waals surface area contributed by atoms with E-state index in [1.165, 1.54) is 16.5 Å². The van der Waals surface area contributed by atoms with Crippen molar-refractivity contribution in [3.8, 4) is 0 Å². The number of benzene rings is 1. The van der Waals surface area contributed by atoms with Crippen molar-refractivity contribution in [2.75, 3.05) is 40.8 Å². The molecule has 1 aliphatic heterocycles. The molecule has 140 valence electrons. The van der Waals surface area contributed by atoms with E-state index in [0.717, 1.165) is 6.54 Å². The zero-order valence-corrected chi connectivity index (χ0v) is 16.1. The Labute approximate surface area is 155 Å². The average Bonchev–Trinajstić information content (AvgIpc) is 2.95. The van der Waals surface area contributed by atoms with Gasteiger partial charge in [-0.2, -0.15) is 0 Å². The van der Waals surface area contributed by atoms with E-state index in [9.17, 15) is 9.59 Å². The summed E-state index contributed by atoms with van der Waals surface area (Å²) in [6.07, 6.45) is 3.22. The van der Waals surface area contributed by atoms with Crippen molar-refractivity contribution in [2.24, 2.45) is 7.05 Å². The Bertz CT molecular complexity index is 811. The lowest BCUT2D eigenvalue weighted by molar-refractivity contribution is -0.147. The first-order chi connectivity index (χ1) is 12.4. The molecule has 1 aromatic carbocycles. The fraction of sp³-hybridized carbons (Fsp3) is 0.500. The van der Waals surface area contributed by atoms with Crippen molar-refractivity contribution in [3.63, 3.8) is 0 Å². The highest BCUT2D eigenvalue weighted by molar-refractivity contribution is 5.89. The van der Waals surface area contributed by atoms with E-state index in [1.807, 2.05) is 26.2 Å². The van der Waals surface area contributed by atoms with E-state index in [4.69, 9.17) is 0 Å². The molecule has 1 fully saturated rings. The quantitative estimate of drug-likeness (QED) is 0.831. The summed E-state index contributed by atoms with van der Waals surface area (Å²) >= 11 is 0. The van der Waals surface area contributed by atoms with E-state index >= 15 is 0 Å². The van der Waals surface area contributed by atoms with Crippen molar-refractivity contribution < 1.29 is 9.59 Å². The Morgan fingerprint density at radius 3 is 2.62 bits per heavy atom. The molecule has 1 aromatic heterocycles. The third kappa shape index (κ3) is 3.60. The Kier molecular flexibility index (Phi) is 5.32. The summed E-state index contributed by atoms with van der Waals surface area (Å²) in [6.45, 7) is 2.00. The number of hydrogen-bond donors (Lipinski definition) is 0. The van der Waals surface area contributed by atoms with E-state index in [2.05, 4.69) is 27.8 Å². The van der Waals surface area contributed by atoms with Gasteiger partial charge in [0.15, 0.2) is 0 Å². The summed E-state index contributed by atoms with van der Waals surface area (Å²) in [6, 6.07) is 7.86. The molecule has 2 aromatic rings. The maximum absolute atomic E-state index is 12.9. The van der Waals surface area contributed by atoms with Crippen LogP contribution >= 0.6 is 0 Å². The van der Waals surface area contributed by atoms with Gasteiger partial charge in [-0.25, -0.2) is 0 Å². The highest BCUT2D eigenvalue weighted by Gasteiger charge is 2.34. The maximum atomic E-state index is 12.9. The lowest BCUT2D eigenvalue weighted by Crippen LogP contribution is -2.59. The van der Waals surface area contributed by atoms with Crippen LogP contribution in [0.5, 0.6) is 0 Å². The zero-order valence-electron chi connectivity index (χ0n) is 16.1. The molecule has 0 spiro atoms. The molecule has 1 unspecified atom stereocenters. The van der Waals surface area contributed by atoms with Crippen LogP contribution < -0.4 is 0 Å². The number of nitrogens with zero attached hydrogens (tertiary/aromatic N) is 4. The normalized spacial score (nSPS) is 18.3. The molecule has 0 aliphatic carbocycles. The zero-order chi connectivity index (χ0) is 18.8. The minimum absolute atomic E-state index is 0.00457. The van der Waals surface area contributed by atoms with Crippen LogP contribution in [0.3, 0.4) is 0 Å². The maximum Gasteiger partial charge on any atom is 0.246 e. The number of likely N-dealkylation sites (N-methyl/N-ethyl adjacent to an activating group) is 2. The summed E-state index contributed by atoms with van der Waals surface area (Å²) in [5.74, 6) is 0.0568. The molecule has 6 heteroatoms. The summed E-state index contributed by atoms with van der Waals surface area (Å²) in [5.41, 5.74) is 2.36. The van der Waals surface area contributed by atoms with Crippen molar-refractivity contribution in [2.45, 2.75) is 18.9 Å². The number of aryl methyl sites for hydroxylation is 2. The topological polar surface area (TPSA) is 48.8 Å². The Morgan fingerprint density at radius 2 is 1.88 bits per heavy atom. The van der Waals surface area contributed by atoms with Gasteiger partial charge in [-0.3, -0.25) is 9.59 Å². The van der Waals surface area contributed by atoms with Gasteiger partial charge < -0.3 is 19.3 Å². The second-order valence-corrected chi connectivity index (χ2v) is 7.38. The van der Waals surface area contributed by atoms with Crippen LogP contribution in [0.15, 0.2) is 30.5 Å². The molecule has 0 saturated carbocycles. The average molecular weight is 356 g/mol. The van der Waals surface area contributed by atoms with Crippen LogP contribution in [0.2, 0.25) is 0 Å². The number of aromatic nitrogens is 1. The lowest BCUT2D eigenvalue weighted by atomic mass is 10.1. The summed E-state index contributed by atoms with van der Waals surface area (Å²) < 4.78 is 2.10. The van der Waals surface area contributed by atoms with Crippen LogP contribution in [0.1, 0.15) is 12.0 Å². The van der Waals surface area contributed by atoms with Crippen molar-refractivity contribution in [1.29, 1.82) is 0 Å². The highest BCUT2D eigenvalue weighted by atomic mass is 16.2. The predicted molar refractivity (Wildman–Crippen MR) is 103 cm³/mol. The fourth-order valence-corrected chi connectivity index (χ4v) is 3.74. The lowest BCUT2D eigenvalue weighted by Gasteiger charge is -2.40. The number of fused-ring (bicyclic) bond motifs is 1. The molecule has 2 amide bonds. The number of para-hydroxylation sites is 1. The van der Waals surface area contributed by atoms with Gasteiger partial charge in [0.1, 0.15) is 6.04 Å². The number of piperazine rings is 1. The Hall–Kier alpha value is -2.34. The second-order valence-electron chi connectivity index (χ2n) is 7.38. The number of carbonyl (C=O) groups excluding carboxylic acids is 2. The first kappa shape index (κ1) is 18.5. The summed E-state index contributed by atoms with van der Waals surface area (Å²) in [5, 5.41) is 1.20. The Balaban J connectivity index is 1.72. The molecule has 0 bridgehead atoms. The van der Waals surface area contributed by atoms with E-state index in [-0.39, 0.29) is 17.9 Å². The molecule has 3 rings (SSSR count). The third-order valence-electron chi connectivity index (χ3n) is 5.22. The molecule has 2 heterocycles. The van der Waals surface area contributed by atoms with Gasteiger partial charge in [0.2, 0.25) is 11.8 Å². The molecule has 1 atom stereocenters. The van der Waals surface area contributed by atoms with Gasteiger partial charge in [0, 0.05) is 64.3 Å². The molecule has 1 aliphatic rings. The highest BCUT2D eigenvalue weighted by Crippen LogP contribution is 2.22. The molecule has 6 nitrogen and oxygen atoms in total. The minimum atomic E-state index is -0.385. The van der Waals surface area contributed by atoms with Crippen LogP contribution in [-0.4, -0.2) is 77.9 Å². The van der Waals surface area contributed by atoms with Crippen LogP contribution in [0.4, 0.5) is 0 Å². The van der Waals surface area contributed by atoms with Gasteiger partial charge in [0.25, 0.3) is 0 Å². The first-order valence-corrected chi connectivity index (χ1v) is 9.10. The van der Waals surface area contributed by atoms with Gasteiger partial charge in [0.05, 0.1) is 0 Å². The van der Waals surface area contributed by atoms with Crippen molar-refractivity contribution in [3.05, 3.63) is 36.0 Å². The largest absolute Gasteiger partial charge is 0.350 e. The summed E-state index contributed by atoms with van der Waals surface area (Å²) in [7, 11) is 7.51. The molecule has 1 saturated heterocycles. The number of carbonyl (C=O) groups is 2. The molecule has 26 heavy (non-hydrogen) atoms. The monoisotopic (exact) mass is 356 g/mol. The van der Waals surface area contributed by atoms with Gasteiger partial charge >= 0.3 is 0 Å². The SMILES string of the molecule is CN1CCN(C(=O)CCc2cn(C)c3ccccc23)C(C(=O)N(C)C)C1. The molecule has 0 radical (unpaired) electrons. The van der Waals surface area contributed by atoms with Gasteiger partial charge in [-0.05, 0) is 25.1 Å². The minimum Gasteiger partial charge on any atom is -0.350 e. The van der Waals surface area contributed by atoms with Crippen LogP contribution in [-0.2, 0) is 23.1 Å². The first-order valence-electron chi connectivity index (χ1n) is 9.10.